The summed E-state index contributed by atoms with van der Waals surface area (Å²) in [5.74, 6) is 6.22. The molecule has 0 atom stereocenters. The van der Waals surface area contributed by atoms with Crippen LogP contribution in [-0.4, -0.2) is 0 Å². The number of benzene rings is 3. The van der Waals surface area contributed by atoms with Crippen LogP contribution in [0.1, 0.15) is 17.5 Å². The van der Waals surface area contributed by atoms with Gasteiger partial charge in [0.2, 0.25) is 0 Å². The van der Waals surface area contributed by atoms with E-state index in [-0.39, 0.29) is 0 Å². The Morgan fingerprint density at radius 2 is 1.55 bits per heavy atom. The van der Waals surface area contributed by atoms with Crippen LogP contribution >= 0.6 is 0 Å². The largest absolute Gasteiger partial charge is 0.0758 e. The van der Waals surface area contributed by atoms with Crippen molar-refractivity contribution in [1.29, 1.82) is 0 Å². The van der Waals surface area contributed by atoms with Crippen LogP contribution in [-0.2, 0) is 6.42 Å². The molecule has 0 radical (unpaired) electrons. The first-order valence-electron chi connectivity index (χ1n) is 7.61. The lowest BCUT2D eigenvalue weighted by Crippen LogP contribution is -1.83. The van der Waals surface area contributed by atoms with Crippen molar-refractivity contribution in [2.75, 3.05) is 0 Å². The van der Waals surface area contributed by atoms with Crippen LogP contribution < -0.4 is 0 Å². The Hall–Kier alpha value is -2.78. The molecule has 0 aliphatic rings. The summed E-state index contributed by atoms with van der Waals surface area (Å²) in [4.78, 5) is 0. The molecular formula is C22H18. The summed E-state index contributed by atoms with van der Waals surface area (Å²) in [6.45, 7) is 0. The van der Waals surface area contributed by atoms with Crippen molar-refractivity contribution in [1.82, 2.24) is 0 Å². The number of allylic oxidation sites excluding steroid dienone is 2. The van der Waals surface area contributed by atoms with Crippen molar-refractivity contribution >= 4 is 10.8 Å². The van der Waals surface area contributed by atoms with Crippen molar-refractivity contribution in [3.63, 3.8) is 0 Å². The summed E-state index contributed by atoms with van der Waals surface area (Å²) < 4.78 is 0. The topological polar surface area (TPSA) is 0 Å². The van der Waals surface area contributed by atoms with Crippen LogP contribution in [0.25, 0.3) is 10.8 Å². The van der Waals surface area contributed by atoms with Crippen LogP contribution in [0.5, 0.6) is 0 Å². The SMILES string of the molecule is C(#Cc1ccccc1)C=CCCc1ccc2ccccc2c1. The van der Waals surface area contributed by atoms with Gasteiger partial charge in [-0.1, -0.05) is 78.6 Å². The predicted octanol–water partition coefficient (Wildman–Crippen LogP) is 5.38. The Labute approximate surface area is 132 Å². The fourth-order valence-electron chi connectivity index (χ4n) is 2.43. The highest BCUT2D eigenvalue weighted by molar-refractivity contribution is 5.82. The smallest absolute Gasteiger partial charge is 0.0248 e. The molecule has 0 saturated carbocycles. The first-order chi connectivity index (χ1) is 10.9. The van der Waals surface area contributed by atoms with Gasteiger partial charge in [-0.15, -0.1) is 0 Å². The lowest BCUT2D eigenvalue weighted by Gasteiger charge is -2.01. The molecule has 0 fully saturated rings. The van der Waals surface area contributed by atoms with Crippen molar-refractivity contribution in [3.8, 4) is 11.8 Å². The Kier molecular flexibility index (Phi) is 4.70. The molecule has 0 aromatic heterocycles. The molecule has 3 aromatic carbocycles. The Morgan fingerprint density at radius 3 is 2.41 bits per heavy atom. The van der Waals surface area contributed by atoms with Gasteiger partial charge in [0.05, 0.1) is 0 Å². The van der Waals surface area contributed by atoms with Gasteiger partial charge in [-0.05, 0) is 47.4 Å². The first-order valence-corrected chi connectivity index (χ1v) is 7.61. The summed E-state index contributed by atoms with van der Waals surface area (Å²) in [5.41, 5.74) is 2.43. The Morgan fingerprint density at radius 1 is 0.773 bits per heavy atom. The van der Waals surface area contributed by atoms with E-state index in [1.165, 1.54) is 16.3 Å². The fourth-order valence-corrected chi connectivity index (χ4v) is 2.43. The zero-order chi connectivity index (χ0) is 15.0. The Bertz CT molecular complexity index is 830. The van der Waals surface area contributed by atoms with E-state index in [1.54, 1.807) is 0 Å². The molecule has 106 valence electrons. The minimum Gasteiger partial charge on any atom is -0.0758 e. The highest BCUT2D eigenvalue weighted by Gasteiger charge is 1.94. The zero-order valence-electron chi connectivity index (χ0n) is 12.5. The number of rotatable bonds is 3. The fraction of sp³-hybridized carbons (Fsp3) is 0.0909. The average Bonchev–Trinajstić information content (AvgIpc) is 2.59. The van der Waals surface area contributed by atoms with Gasteiger partial charge in [-0.2, -0.15) is 0 Å². The molecule has 3 aromatic rings. The van der Waals surface area contributed by atoms with Crippen LogP contribution in [0, 0.1) is 11.8 Å². The van der Waals surface area contributed by atoms with E-state index < -0.39 is 0 Å². The monoisotopic (exact) mass is 282 g/mol. The molecule has 0 heterocycles. The molecule has 0 bridgehead atoms. The second-order valence-corrected chi connectivity index (χ2v) is 5.26. The van der Waals surface area contributed by atoms with Crippen LogP contribution in [0.2, 0.25) is 0 Å². The molecule has 0 saturated heterocycles. The number of aryl methyl sites for hydroxylation is 1. The number of hydrogen-bond acceptors (Lipinski definition) is 0. The predicted molar refractivity (Wildman–Crippen MR) is 94.7 cm³/mol. The van der Waals surface area contributed by atoms with E-state index in [9.17, 15) is 0 Å². The molecular weight excluding hydrogens is 264 g/mol. The van der Waals surface area contributed by atoms with Gasteiger partial charge >= 0.3 is 0 Å². The molecule has 0 aliphatic heterocycles. The third kappa shape index (κ3) is 3.87. The molecule has 0 nitrogen and oxygen atoms in total. The molecule has 0 heteroatoms. The van der Waals surface area contributed by atoms with Gasteiger partial charge in [0.1, 0.15) is 0 Å². The maximum absolute atomic E-state index is 3.13. The van der Waals surface area contributed by atoms with Crippen LogP contribution in [0.3, 0.4) is 0 Å². The molecule has 0 aliphatic carbocycles. The van der Waals surface area contributed by atoms with Gasteiger partial charge in [0.15, 0.2) is 0 Å². The molecule has 22 heavy (non-hydrogen) atoms. The van der Waals surface area contributed by atoms with E-state index in [0.29, 0.717) is 0 Å². The lowest BCUT2D eigenvalue weighted by atomic mass is 10.0. The van der Waals surface area contributed by atoms with E-state index in [4.69, 9.17) is 0 Å². The van der Waals surface area contributed by atoms with Crippen LogP contribution in [0.15, 0.2) is 84.9 Å². The van der Waals surface area contributed by atoms with Crippen molar-refractivity contribution < 1.29 is 0 Å². The van der Waals surface area contributed by atoms with Crippen molar-refractivity contribution in [2.24, 2.45) is 0 Å². The summed E-state index contributed by atoms with van der Waals surface area (Å²) >= 11 is 0. The summed E-state index contributed by atoms with van der Waals surface area (Å²) in [5, 5.41) is 2.61. The third-order valence-corrected chi connectivity index (χ3v) is 3.61. The van der Waals surface area contributed by atoms with Gasteiger partial charge < -0.3 is 0 Å². The minimum atomic E-state index is 1.02. The normalized spacial score (nSPS) is 10.5. The minimum absolute atomic E-state index is 1.02. The third-order valence-electron chi connectivity index (χ3n) is 3.61. The van der Waals surface area contributed by atoms with Gasteiger partial charge in [-0.25, -0.2) is 0 Å². The van der Waals surface area contributed by atoms with Crippen LogP contribution in [0.4, 0.5) is 0 Å². The van der Waals surface area contributed by atoms with Crippen molar-refractivity contribution in [3.05, 3.63) is 96.1 Å². The summed E-state index contributed by atoms with van der Waals surface area (Å²) in [6.07, 6.45) is 6.16. The number of fused-ring (bicyclic) bond motifs is 1. The van der Waals surface area contributed by atoms with Gasteiger partial charge in [0.25, 0.3) is 0 Å². The Balaban J connectivity index is 1.56. The molecule has 0 unspecified atom stereocenters. The molecule has 0 amide bonds. The standard InChI is InChI=1S/C22H18/c1(4-10-19-11-6-3-7-12-19)2-5-13-20-16-17-21-14-8-9-15-22(21)18-20/h1-3,6-9,11-12,14-18H,5,13H2. The van der Waals surface area contributed by atoms with E-state index in [2.05, 4.69) is 60.4 Å². The van der Waals surface area contributed by atoms with E-state index >= 15 is 0 Å². The van der Waals surface area contributed by atoms with Gasteiger partial charge in [0, 0.05) is 5.56 Å². The highest BCUT2D eigenvalue weighted by atomic mass is 14.0. The first kappa shape index (κ1) is 14.2. The zero-order valence-corrected chi connectivity index (χ0v) is 12.5. The molecule has 0 spiro atoms. The summed E-state index contributed by atoms with van der Waals surface area (Å²) in [6, 6.07) is 25.2. The quantitative estimate of drug-likeness (QED) is 0.566. The highest BCUT2D eigenvalue weighted by Crippen LogP contribution is 2.16. The second kappa shape index (κ2) is 7.29. The second-order valence-electron chi connectivity index (χ2n) is 5.26. The van der Waals surface area contributed by atoms with E-state index in [1.807, 2.05) is 36.4 Å². The molecule has 3 rings (SSSR count). The molecule has 0 N–H and O–H groups in total. The lowest BCUT2D eigenvalue weighted by molar-refractivity contribution is 1.00. The maximum Gasteiger partial charge on any atom is 0.0248 e. The van der Waals surface area contributed by atoms with E-state index in [0.717, 1.165) is 18.4 Å². The summed E-state index contributed by atoms with van der Waals surface area (Å²) in [7, 11) is 0. The van der Waals surface area contributed by atoms with Crippen molar-refractivity contribution in [2.45, 2.75) is 12.8 Å². The number of hydrogen-bond donors (Lipinski definition) is 0. The maximum atomic E-state index is 3.13. The van der Waals surface area contributed by atoms with Gasteiger partial charge in [-0.3, -0.25) is 0 Å². The average molecular weight is 282 g/mol.